The van der Waals surface area contributed by atoms with Gasteiger partial charge in [-0.05, 0) is 26.2 Å². The Balaban J connectivity index is 1.92. The third-order valence-electron chi connectivity index (χ3n) is 2.60. The molecule has 0 bridgehead atoms. The average molecular weight is 210 g/mol. The standard InChI is InChI=1S/C9H14N4O2/c1-5-11-9(15-13-5)12-8(14)6-2-3-7(10)4-6/h6-7H,2-4,10H2,1H3,(H,11,12,13,14). The van der Waals surface area contributed by atoms with Crippen molar-refractivity contribution in [3.05, 3.63) is 5.82 Å². The minimum absolute atomic E-state index is 0.0211. The van der Waals surface area contributed by atoms with Crippen LogP contribution in [-0.2, 0) is 4.79 Å². The Morgan fingerprint density at radius 3 is 2.93 bits per heavy atom. The second-order valence-electron chi connectivity index (χ2n) is 3.91. The summed E-state index contributed by atoms with van der Waals surface area (Å²) in [4.78, 5) is 15.6. The van der Waals surface area contributed by atoms with Gasteiger partial charge in [0.15, 0.2) is 5.82 Å². The largest absolute Gasteiger partial charge is 0.328 e. The molecular formula is C9H14N4O2. The molecule has 1 fully saturated rings. The highest BCUT2D eigenvalue weighted by Crippen LogP contribution is 2.25. The van der Waals surface area contributed by atoms with Crippen molar-refractivity contribution in [3.8, 4) is 0 Å². The van der Waals surface area contributed by atoms with Crippen molar-refractivity contribution < 1.29 is 9.32 Å². The summed E-state index contributed by atoms with van der Waals surface area (Å²) in [6.45, 7) is 1.70. The van der Waals surface area contributed by atoms with E-state index in [1.165, 1.54) is 0 Å². The van der Waals surface area contributed by atoms with E-state index in [0.717, 1.165) is 19.3 Å². The van der Waals surface area contributed by atoms with E-state index in [-0.39, 0.29) is 23.9 Å². The van der Waals surface area contributed by atoms with Gasteiger partial charge in [-0.25, -0.2) is 0 Å². The van der Waals surface area contributed by atoms with Gasteiger partial charge in [-0.3, -0.25) is 10.1 Å². The van der Waals surface area contributed by atoms with E-state index in [1.54, 1.807) is 6.92 Å². The van der Waals surface area contributed by atoms with Crippen LogP contribution in [-0.4, -0.2) is 22.1 Å². The molecule has 1 aliphatic rings. The summed E-state index contributed by atoms with van der Waals surface area (Å²) in [6.07, 6.45) is 2.47. The van der Waals surface area contributed by atoms with Crippen LogP contribution in [0.4, 0.5) is 6.01 Å². The maximum atomic E-state index is 11.7. The summed E-state index contributed by atoms with van der Waals surface area (Å²) in [5, 5.41) is 6.18. The lowest BCUT2D eigenvalue weighted by molar-refractivity contribution is -0.119. The predicted octanol–water partition coefficient (Wildman–Crippen LogP) is 0.444. The van der Waals surface area contributed by atoms with E-state index in [9.17, 15) is 4.79 Å². The molecule has 0 aliphatic heterocycles. The average Bonchev–Trinajstić information content (AvgIpc) is 2.75. The van der Waals surface area contributed by atoms with Gasteiger partial charge in [0.1, 0.15) is 0 Å². The molecule has 82 valence electrons. The number of nitrogens with two attached hydrogens (primary N) is 1. The zero-order chi connectivity index (χ0) is 10.8. The fourth-order valence-corrected chi connectivity index (χ4v) is 1.81. The van der Waals surface area contributed by atoms with Crippen LogP contribution < -0.4 is 11.1 Å². The molecule has 3 N–H and O–H groups in total. The SMILES string of the molecule is Cc1noc(NC(=O)C2CCC(N)C2)n1. The van der Waals surface area contributed by atoms with Gasteiger partial charge in [-0.2, -0.15) is 4.98 Å². The van der Waals surface area contributed by atoms with Crippen LogP contribution in [0, 0.1) is 12.8 Å². The summed E-state index contributed by atoms with van der Waals surface area (Å²) in [6, 6.07) is 0.308. The summed E-state index contributed by atoms with van der Waals surface area (Å²) in [5.74, 6) is 0.409. The maximum Gasteiger partial charge on any atom is 0.328 e. The van der Waals surface area contributed by atoms with Crippen molar-refractivity contribution in [2.24, 2.45) is 11.7 Å². The molecule has 0 aromatic carbocycles. The molecule has 2 unspecified atom stereocenters. The number of aryl methyl sites for hydroxylation is 1. The normalized spacial score (nSPS) is 25.5. The highest BCUT2D eigenvalue weighted by molar-refractivity contribution is 5.90. The minimum Gasteiger partial charge on any atom is -0.328 e. The number of aromatic nitrogens is 2. The molecule has 1 heterocycles. The third-order valence-corrected chi connectivity index (χ3v) is 2.60. The Hall–Kier alpha value is -1.43. The number of rotatable bonds is 2. The Labute approximate surface area is 87.2 Å². The van der Waals surface area contributed by atoms with Gasteiger partial charge >= 0.3 is 6.01 Å². The number of nitrogens with one attached hydrogen (secondary N) is 1. The van der Waals surface area contributed by atoms with E-state index in [4.69, 9.17) is 10.3 Å². The number of carbonyl (C=O) groups excluding carboxylic acids is 1. The van der Waals surface area contributed by atoms with Crippen molar-refractivity contribution in [1.82, 2.24) is 10.1 Å². The van der Waals surface area contributed by atoms with Gasteiger partial charge in [0, 0.05) is 12.0 Å². The van der Waals surface area contributed by atoms with Crippen LogP contribution in [0.3, 0.4) is 0 Å². The van der Waals surface area contributed by atoms with Gasteiger partial charge in [-0.15, -0.1) is 0 Å². The first-order valence-electron chi connectivity index (χ1n) is 5.02. The lowest BCUT2D eigenvalue weighted by Crippen LogP contribution is -2.23. The molecule has 1 amide bonds. The number of amides is 1. The molecule has 1 saturated carbocycles. The van der Waals surface area contributed by atoms with Crippen molar-refractivity contribution in [3.63, 3.8) is 0 Å². The molecule has 2 rings (SSSR count). The fourth-order valence-electron chi connectivity index (χ4n) is 1.81. The molecule has 15 heavy (non-hydrogen) atoms. The quantitative estimate of drug-likeness (QED) is 0.738. The van der Waals surface area contributed by atoms with Crippen LogP contribution >= 0.6 is 0 Å². The van der Waals surface area contributed by atoms with E-state index < -0.39 is 0 Å². The molecule has 1 aromatic rings. The van der Waals surface area contributed by atoms with Crippen molar-refractivity contribution >= 4 is 11.9 Å². The van der Waals surface area contributed by atoms with E-state index >= 15 is 0 Å². The first-order valence-corrected chi connectivity index (χ1v) is 5.02. The van der Waals surface area contributed by atoms with Crippen LogP contribution in [0.15, 0.2) is 4.52 Å². The van der Waals surface area contributed by atoms with E-state index in [1.807, 2.05) is 0 Å². The highest BCUT2D eigenvalue weighted by atomic mass is 16.5. The Morgan fingerprint density at radius 1 is 1.60 bits per heavy atom. The Bertz CT molecular complexity index is 363. The molecule has 6 nitrogen and oxygen atoms in total. The summed E-state index contributed by atoms with van der Waals surface area (Å²) >= 11 is 0. The first-order chi connectivity index (χ1) is 7.15. The highest BCUT2D eigenvalue weighted by Gasteiger charge is 2.28. The number of nitrogens with zero attached hydrogens (tertiary/aromatic N) is 2. The van der Waals surface area contributed by atoms with E-state index in [2.05, 4.69) is 15.5 Å². The van der Waals surface area contributed by atoms with Crippen LogP contribution in [0.2, 0.25) is 0 Å². The van der Waals surface area contributed by atoms with Gasteiger partial charge in [0.05, 0.1) is 0 Å². The maximum absolute atomic E-state index is 11.7. The summed E-state index contributed by atoms with van der Waals surface area (Å²) < 4.78 is 4.80. The lowest BCUT2D eigenvalue weighted by atomic mass is 10.1. The van der Waals surface area contributed by atoms with Crippen LogP contribution in [0.1, 0.15) is 25.1 Å². The van der Waals surface area contributed by atoms with Crippen LogP contribution in [0.5, 0.6) is 0 Å². The monoisotopic (exact) mass is 210 g/mol. The number of anilines is 1. The third kappa shape index (κ3) is 2.33. The number of carbonyl (C=O) groups is 1. The predicted molar refractivity (Wildman–Crippen MR) is 53.0 cm³/mol. The molecule has 0 saturated heterocycles. The first kappa shape index (κ1) is 10.1. The number of hydrogen-bond acceptors (Lipinski definition) is 5. The molecule has 0 radical (unpaired) electrons. The zero-order valence-corrected chi connectivity index (χ0v) is 8.56. The molecule has 2 atom stereocenters. The lowest BCUT2D eigenvalue weighted by Gasteiger charge is -2.06. The molecule has 0 spiro atoms. The smallest absolute Gasteiger partial charge is 0.328 e. The van der Waals surface area contributed by atoms with Gasteiger partial charge in [-0.1, -0.05) is 5.16 Å². The fraction of sp³-hybridized carbons (Fsp3) is 0.667. The topological polar surface area (TPSA) is 94.0 Å². The zero-order valence-electron chi connectivity index (χ0n) is 8.56. The molecule has 1 aromatic heterocycles. The Kier molecular flexibility index (Phi) is 2.68. The van der Waals surface area contributed by atoms with E-state index in [0.29, 0.717) is 5.82 Å². The van der Waals surface area contributed by atoms with Gasteiger partial charge in [0.25, 0.3) is 0 Å². The summed E-state index contributed by atoms with van der Waals surface area (Å²) in [7, 11) is 0. The van der Waals surface area contributed by atoms with Gasteiger partial charge < -0.3 is 10.3 Å². The molecule has 6 heteroatoms. The number of hydrogen-bond donors (Lipinski definition) is 2. The second-order valence-corrected chi connectivity index (χ2v) is 3.91. The molecule has 1 aliphatic carbocycles. The van der Waals surface area contributed by atoms with Crippen molar-refractivity contribution in [1.29, 1.82) is 0 Å². The minimum atomic E-state index is -0.0772. The second kappa shape index (κ2) is 3.98. The Morgan fingerprint density at radius 2 is 2.40 bits per heavy atom. The van der Waals surface area contributed by atoms with Crippen molar-refractivity contribution in [2.75, 3.05) is 5.32 Å². The summed E-state index contributed by atoms with van der Waals surface area (Å²) in [5.41, 5.74) is 5.73. The van der Waals surface area contributed by atoms with Gasteiger partial charge in [0.2, 0.25) is 5.91 Å². The molecular weight excluding hydrogens is 196 g/mol. The van der Waals surface area contributed by atoms with Crippen LogP contribution in [0.25, 0.3) is 0 Å². The van der Waals surface area contributed by atoms with Crippen molar-refractivity contribution in [2.45, 2.75) is 32.2 Å².